The third-order valence-electron chi connectivity index (χ3n) is 5.02. The van der Waals surface area contributed by atoms with E-state index in [-0.39, 0.29) is 11.6 Å². The lowest BCUT2D eigenvalue weighted by Gasteiger charge is -2.50. The van der Waals surface area contributed by atoms with E-state index in [0.29, 0.717) is 24.9 Å². The second-order valence-electron chi connectivity index (χ2n) is 6.50. The molecule has 1 aliphatic carbocycles. The van der Waals surface area contributed by atoms with Crippen molar-refractivity contribution in [3.05, 3.63) is 0 Å². The van der Waals surface area contributed by atoms with Gasteiger partial charge in [-0.2, -0.15) is 13.2 Å². The van der Waals surface area contributed by atoms with Crippen LogP contribution in [0, 0.1) is 11.8 Å². The van der Waals surface area contributed by atoms with Crippen molar-refractivity contribution >= 4 is 0 Å². The molecule has 0 spiro atoms. The Bertz CT molecular complexity index is 314. The lowest BCUT2D eigenvalue weighted by Crippen LogP contribution is -2.66. The Morgan fingerprint density at radius 2 is 2.00 bits per heavy atom. The first-order valence-corrected chi connectivity index (χ1v) is 7.31. The molecule has 0 amide bonds. The largest absolute Gasteiger partial charge is 0.401 e. The maximum Gasteiger partial charge on any atom is 0.401 e. The summed E-state index contributed by atoms with van der Waals surface area (Å²) in [6, 6.07) is 0.180. The molecule has 1 saturated carbocycles. The standard InChI is InChI=1S/C14H25F3N2/c1-4-10(2)12-7-19(9-14(15,16)17)13(3,8-18-12)11-5-6-11/h10-12,18H,4-9H2,1-3H3. The van der Waals surface area contributed by atoms with Crippen molar-refractivity contribution in [3.8, 4) is 0 Å². The van der Waals surface area contributed by atoms with Gasteiger partial charge in [0.15, 0.2) is 0 Å². The number of hydrogen-bond donors (Lipinski definition) is 1. The Morgan fingerprint density at radius 3 is 2.47 bits per heavy atom. The summed E-state index contributed by atoms with van der Waals surface area (Å²) in [7, 11) is 0. The van der Waals surface area contributed by atoms with Crippen molar-refractivity contribution in [1.29, 1.82) is 0 Å². The highest BCUT2D eigenvalue weighted by Gasteiger charge is 2.51. The van der Waals surface area contributed by atoms with Crippen LogP contribution in [-0.2, 0) is 0 Å². The zero-order valence-corrected chi connectivity index (χ0v) is 12.1. The molecule has 0 aromatic carbocycles. The molecule has 0 aromatic heterocycles. The molecule has 0 radical (unpaired) electrons. The summed E-state index contributed by atoms with van der Waals surface area (Å²) in [5.41, 5.74) is -0.320. The summed E-state index contributed by atoms with van der Waals surface area (Å²) in [6.45, 7) is 6.63. The van der Waals surface area contributed by atoms with Crippen LogP contribution >= 0.6 is 0 Å². The van der Waals surface area contributed by atoms with E-state index >= 15 is 0 Å². The molecule has 112 valence electrons. The third-order valence-corrected chi connectivity index (χ3v) is 5.02. The second-order valence-corrected chi connectivity index (χ2v) is 6.50. The lowest BCUT2D eigenvalue weighted by atomic mass is 9.86. The molecule has 2 nitrogen and oxygen atoms in total. The maximum atomic E-state index is 12.8. The molecular weight excluding hydrogens is 253 g/mol. The summed E-state index contributed by atoms with van der Waals surface area (Å²) in [6.07, 6.45) is -0.966. The number of alkyl halides is 3. The molecule has 0 aromatic rings. The number of halogens is 3. The van der Waals surface area contributed by atoms with E-state index in [2.05, 4.69) is 19.2 Å². The summed E-state index contributed by atoms with van der Waals surface area (Å²) in [5, 5.41) is 3.49. The fraction of sp³-hybridized carbons (Fsp3) is 1.00. The van der Waals surface area contributed by atoms with Crippen molar-refractivity contribution in [3.63, 3.8) is 0 Å². The zero-order valence-electron chi connectivity index (χ0n) is 12.1. The van der Waals surface area contributed by atoms with Gasteiger partial charge in [0, 0.05) is 24.7 Å². The van der Waals surface area contributed by atoms with E-state index in [1.807, 2.05) is 6.92 Å². The van der Waals surface area contributed by atoms with E-state index in [9.17, 15) is 13.2 Å². The molecule has 3 unspecified atom stereocenters. The number of hydrogen-bond acceptors (Lipinski definition) is 2. The first-order valence-electron chi connectivity index (χ1n) is 7.31. The summed E-state index contributed by atoms with van der Waals surface area (Å²) >= 11 is 0. The van der Waals surface area contributed by atoms with Crippen LogP contribution < -0.4 is 5.32 Å². The smallest absolute Gasteiger partial charge is 0.311 e. The van der Waals surface area contributed by atoms with Crippen molar-refractivity contribution in [2.75, 3.05) is 19.6 Å². The van der Waals surface area contributed by atoms with E-state index in [1.165, 1.54) is 0 Å². The van der Waals surface area contributed by atoms with Crippen LogP contribution in [0.4, 0.5) is 13.2 Å². The van der Waals surface area contributed by atoms with Crippen molar-refractivity contribution in [2.45, 2.75) is 57.8 Å². The van der Waals surface area contributed by atoms with Crippen LogP contribution in [0.1, 0.15) is 40.0 Å². The molecular formula is C14H25F3N2. The van der Waals surface area contributed by atoms with Crippen molar-refractivity contribution in [1.82, 2.24) is 10.2 Å². The molecule has 1 heterocycles. The van der Waals surface area contributed by atoms with E-state index in [1.54, 1.807) is 4.90 Å². The average Bonchev–Trinajstić information content (AvgIpc) is 3.13. The Kier molecular flexibility index (Phi) is 4.17. The number of rotatable bonds is 4. The molecule has 2 fully saturated rings. The van der Waals surface area contributed by atoms with Gasteiger partial charge in [-0.15, -0.1) is 0 Å². The molecule has 1 saturated heterocycles. The Labute approximate surface area is 113 Å². The summed E-state index contributed by atoms with van der Waals surface area (Å²) < 4.78 is 38.4. The quantitative estimate of drug-likeness (QED) is 0.850. The van der Waals surface area contributed by atoms with Gasteiger partial charge in [-0.3, -0.25) is 4.90 Å². The van der Waals surface area contributed by atoms with Gasteiger partial charge in [0.05, 0.1) is 6.54 Å². The average molecular weight is 278 g/mol. The molecule has 19 heavy (non-hydrogen) atoms. The van der Waals surface area contributed by atoms with Gasteiger partial charge in [0.2, 0.25) is 0 Å². The highest BCUT2D eigenvalue weighted by molar-refractivity contribution is 5.05. The minimum Gasteiger partial charge on any atom is -0.311 e. The lowest BCUT2D eigenvalue weighted by molar-refractivity contribution is -0.166. The maximum absolute atomic E-state index is 12.8. The number of nitrogens with zero attached hydrogens (tertiary/aromatic N) is 1. The van der Waals surface area contributed by atoms with Crippen LogP contribution in [0.15, 0.2) is 0 Å². The third kappa shape index (κ3) is 3.43. The molecule has 1 aliphatic heterocycles. The second kappa shape index (κ2) is 5.24. The summed E-state index contributed by atoms with van der Waals surface area (Å²) in [4.78, 5) is 1.69. The number of piperazine rings is 1. The first kappa shape index (κ1) is 15.1. The van der Waals surface area contributed by atoms with Crippen LogP contribution in [-0.4, -0.2) is 42.3 Å². The molecule has 1 N–H and O–H groups in total. The van der Waals surface area contributed by atoms with Gasteiger partial charge >= 0.3 is 6.18 Å². The highest BCUT2D eigenvalue weighted by Crippen LogP contribution is 2.45. The van der Waals surface area contributed by atoms with E-state index in [0.717, 1.165) is 19.3 Å². The fourth-order valence-corrected chi connectivity index (χ4v) is 3.20. The normalized spacial score (nSPS) is 35.4. The van der Waals surface area contributed by atoms with Crippen molar-refractivity contribution < 1.29 is 13.2 Å². The topological polar surface area (TPSA) is 15.3 Å². The van der Waals surface area contributed by atoms with Crippen LogP contribution in [0.2, 0.25) is 0 Å². The van der Waals surface area contributed by atoms with Crippen molar-refractivity contribution in [2.24, 2.45) is 11.8 Å². The minimum absolute atomic E-state index is 0.180. The van der Waals surface area contributed by atoms with Crippen LogP contribution in [0.5, 0.6) is 0 Å². The first-order chi connectivity index (χ1) is 8.76. The monoisotopic (exact) mass is 278 g/mol. The molecule has 2 rings (SSSR count). The van der Waals surface area contributed by atoms with Crippen LogP contribution in [0.25, 0.3) is 0 Å². The van der Waals surface area contributed by atoms with Gasteiger partial charge in [0.1, 0.15) is 0 Å². The predicted molar refractivity (Wildman–Crippen MR) is 70.0 cm³/mol. The van der Waals surface area contributed by atoms with Crippen LogP contribution in [0.3, 0.4) is 0 Å². The predicted octanol–water partition coefficient (Wildman–Crippen LogP) is 3.04. The van der Waals surface area contributed by atoms with Gasteiger partial charge in [-0.05, 0) is 31.6 Å². The van der Waals surface area contributed by atoms with Gasteiger partial charge in [0.25, 0.3) is 0 Å². The summed E-state index contributed by atoms with van der Waals surface area (Å²) in [5.74, 6) is 0.847. The fourth-order valence-electron chi connectivity index (χ4n) is 3.20. The number of nitrogens with one attached hydrogen (secondary N) is 1. The van der Waals surface area contributed by atoms with Gasteiger partial charge in [-0.25, -0.2) is 0 Å². The zero-order chi connectivity index (χ0) is 14.3. The van der Waals surface area contributed by atoms with E-state index < -0.39 is 12.7 Å². The van der Waals surface area contributed by atoms with Gasteiger partial charge in [-0.1, -0.05) is 20.3 Å². The molecule has 0 bridgehead atoms. The minimum atomic E-state index is -4.10. The Morgan fingerprint density at radius 1 is 1.37 bits per heavy atom. The molecule has 2 aliphatic rings. The van der Waals surface area contributed by atoms with E-state index in [4.69, 9.17) is 0 Å². The SMILES string of the molecule is CCC(C)C1CN(CC(F)(F)F)C(C)(C2CC2)CN1. The Hall–Kier alpha value is -0.290. The highest BCUT2D eigenvalue weighted by atomic mass is 19.4. The molecule has 5 heteroatoms. The Balaban J connectivity index is 2.09. The van der Waals surface area contributed by atoms with Gasteiger partial charge < -0.3 is 5.32 Å². The molecule has 3 atom stereocenters.